The van der Waals surface area contributed by atoms with Gasteiger partial charge in [-0.2, -0.15) is 0 Å². The molecule has 3 heteroatoms. The molecule has 1 heterocycles. The summed E-state index contributed by atoms with van der Waals surface area (Å²) in [7, 11) is 0. The maximum Gasteiger partial charge on any atom is 0.326 e. The summed E-state index contributed by atoms with van der Waals surface area (Å²) in [4.78, 5) is 14.4. The van der Waals surface area contributed by atoms with E-state index in [4.69, 9.17) is 0 Å². The van der Waals surface area contributed by atoms with Crippen molar-refractivity contribution in [3.8, 4) is 11.1 Å². The molecule has 0 saturated heterocycles. The lowest BCUT2D eigenvalue weighted by Crippen LogP contribution is -2.33. The Balaban J connectivity index is 1.49. The highest BCUT2D eigenvalue weighted by molar-refractivity contribution is 6.03. The molecule has 0 spiro atoms. The van der Waals surface area contributed by atoms with Crippen LogP contribution in [0.5, 0.6) is 0 Å². The maximum atomic E-state index is 12.5. The van der Waals surface area contributed by atoms with Gasteiger partial charge in [0.25, 0.3) is 0 Å². The topological polar surface area (TPSA) is 32.3 Å². The molecule has 0 fully saturated rings. The van der Waals surface area contributed by atoms with Gasteiger partial charge in [-0.3, -0.25) is 4.90 Å². The minimum Gasteiger partial charge on any atom is -0.308 e. The Bertz CT molecular complexity index is 857. The monoisotopic (exact) mass is 314 g/mol. The molecule has 1 aliphatic heterocycles. The van der Waals surface area contributed by atoms with Crippen LogP contribution < -0.4 is 10.2 Å². The number of nitrogens with zero attached hydrogens (tertiary/aromatic N) is 1. The third kappa shape index (κ3) is 2.76. The molecule has 118 valence electrons. The zero-order valence-corrected chi connectivity index (χ0v) is 13.3. The maximum absolute atomic E-state index is 12.5. The summed E-state index contributed by atoms with van der Waals surface area (Å²) >= 11 is 0. The summed E-state index contributed by atoms with van der Waals surface area (Å²) in [5.74, 6) is 0. The number of carbonyl (C=O) groups excluding carboxylic acids is 1. The molecule has 4 rings (SSSR count). The third-order valence-corrected chi connectivity index (χ3v) is 4.38. The van der Waals surface area contributed by atoms with E-state index in [1.807, 2.05) is 60.7 Å². The first kappa shape index (κ1) is 14.5. The summed E-state index contributed by atoms with van der Waals surface area (Å²) in [6.07, 6.45) is 0.913. The largest absolute Gasteiger partial charge is 0.326 e. The van der Waals surface area contributed by atoms with Crippen molar-refractivity contribution < 1.29 is 4.79 Å². The van der Waals surface area contributed by atoms with Crippen LogP contribution in [0.15, 0.2) is 78.9 Å². The van der Waals surface area contributed by atoms with Gasteiger partial charge in [0, 0.05) is 17.9 Å². The molecule has 0 unspecified atom stereocenters. The average molecular weight is 314 g/mol. The van der Waals surface area contributed by atoms with Crippen LogP contribution in [0.2, 0.25) is 0 Å². The Labute approximate surface area is 141 Å². The summed E-state index contributed by atoms with van der Waals surface area (Å²) in [6.45, 7) is 0.729. The van der Waals surface area contributed by atoms with Gasteiger partial charge in [-0.05, 0) is 41.3 Å². The second-order valence-corrected chi connectivity index (χ2v) is 5.90. The number of fused-ring (bicyclic) bond motifs is 1. The zero-order valence-electron chi connectivity index (χ0n) is 13.3. The molecule has 0 saturated carbocycles. The number of para-hydroxylation sites is 1. The van der Waals surface area contributed by atoms with Crippen molar-refractivity contribution in [2.24, 2.45) is 0 Å². The summed E-state index contributed by atoms with van der Waals surface area (Å²) < 4.78 is 0. The van der Waals surface area contributed by atoms with Crippen LogP contribution in [0, 0.1) is 0 Å². The first-order chi connectivity index (χ1) is 11.8. The molecule has 0 radical (unpaired) electrons. The molecule has 2 amide bonds. The first-order valence-corrected chi connectivity index (χ1v) is 8.13. The Kier molecular flexibility index (Phi) is 3.75. The van der Waals surface area contributed by atoms with Crippen molar-refractivity contribution in [2.75, 3.05) is 16.8 Å². The van der Waals surface area contributed by atoms with E-state index >= 15 is 0 Å². The molecule has 1 N–H and O–H groups in total. The van der Waals surface area contributed by atoms with Crippen molar-refractivity contribution in [1.82, 2.24) is 0 Å². The molecular weight excluding hydrogens is 296 g/mol. The number of nitrogens with one attached hydrogen (secondary N) is 1. The minimum absolute atomic E-state index is 0.0765. The van der Waals surface area contributed by atoms with E-state index in [1.54, 1.807) is 4.90 Å². The number of benzene rings is 3. The highest BCUT2D eigenvalue weighted by atomic mass is 16.2. The van der Waals surface area contributed by atoms with Crippen LogP contribution in [-0.4, -0.2) is 12.6 Å². The van der Waals surface area contributed by atoms with Gasteiger partial charge in [-0.25, -0.2) is 4.79 Å². The predicted octanol–water partition coefficient (Wildman–Crippen LogP) is 4.95. The van der Waals surface area contributed by atoms with E-state index in [9.17, 15) is 4.79 Å². The van der Waals surface area contributed by atoms with Crippen LogP contribution in [-0.2, 0) is 6.42 Å². The Morgan fingerprint density at radius 3 is 2.25 bits per heavy atom. The van der Waals surface area contributed by atoms with Crippen LogP contribution in [0.4, 0.5) is 16.2 Å². The molecule has 0 atom stereocenters. The van der Waals surface area contributed by atoms with E-state index in [0.29, 0.717) is 0 Å². The molecule has 0 aromatic heterocycles. The van der Waals surface area contributed by atoms with E-state index in [2.05, 4.69) is 23.5 Å². The second-order valence-electron chi connectivity index (χ2n) is 5.90. The number of hydrogen-bond acceptors (Lipinski definition) is 1. The van der Waals surface area contributed by atoms with Gasteiger partial charge in [-0.1, -0.05) is 60.7 Å². The number of anilines is 2. The minimum atomic E-state index is -0.0765. The molecule has 3 aromatic carbocycles. The summed E-state index contributed by atoms with van der Waals surface area (Å²) in [5.41, 5.74) is 5.36. The Morgan fingerprint density at radius 2 is 1.46 bits per heavy atom. The van der Waals surface area contributed by atoms with Crippen molar-refractivity contribution in [1.29, 1.82) is 0 Å². The number of urea groups is 1. The van der Waals surface area contributed by atoms with Crippen molar-refractivity contribution in [3.05, 3.63) is 84.4 Å². The van der Waals surface area contributed by atoms with Gasteiger partial charge >= 0.3 is 6.03 Å². The smallest absolute Gasteiger partial charge is 0.308 e. The fraction of sp³-hybridized carbons (Fsp3) is 0.0952. The predicted molar refractivity (Wildman–Crippen MR) is 98.4 cm³/mol. The van der Waals surface area contributed by atoms with E-state index in [1.165, 1.54) is 11.1 Å². The summed E-state index contributed by atoms with van der Waals surface area (Å²) in [6, 6.07) is 26.2. The van der Waals surface area contributed by atoms with Gasteiger partial charge in [0.1, 0.15) is 0 Å². The standard InChI is InChI=1S/C21H18N2O/c24-21(23-15-14-18-8-4-5-9-20(18)23)22-19-12-10-17(11-13-19)16-6-2-1-3-7-16/h1-13H,14-15H2,(H,22,24). The molecule has 0 bridgehead atoms. The number of rotatable bonds is 2. The van der Waals surface area contributed by atoms with Crippen LogP contribution in [0.25, 0.3) is 11.1 Å². The lowest BCUT2D eigenvalue weighted by molar-refractivity contribution is 0.257. The number of amides is 2. The highest BCUT2D eigenvalue weighted by Crippen LogP contribution is 2.28. The van der Waals surface area contributed by atoms with Gasteiger partial charge in [0.2, 0.25) is 0 Å². The number of carbonyl (C=O) groups is 1. The zero-order chi connectivity index (χ0) is 16.4. The lowest BCUT2D eigenvalue weighted by Gasteiger charge is -2.18. The quantitative estimate of drug-likeness (QED) is 0.713. The van der Waals surface area contributed by atoms with Crippen molar-refractivity contribution in [3.63, 3.8) is 0 Å². The first-order valence-electron chi connectivity index (χ1n) is 8.13. The third-order valence-electron chi connectivity index (χ3n) is 4.38. The van der Waals surface area contributed by atoms with E-state index < -0.39 is 0 Å². The average Bonchev–Trinajstić information content (AvgIpc) is 3.07. The van der Waals surface area contributed by atoms with E-state index in [0.717, 1.165) is 29.9 Å². The lowest BCUT2D eigenvalue weighted by atomic mass is 10.1. The van der Waals surface area contributed by atoms with Crippen molar-refractivity contribution >= 4 is 17.4 Å². The molecule has 3 aromatic rings. The van der Waals surface area contributed by atoms with Crippen LogP contribution in [0.3, 0.4) is 0 Å². The Hall–Kier alpha value is -3.07. The fourth-order valence-electron chi connectivity index (χ4n) is 3.12. The molecule has 0 aliphatic carbocycles. The van der Waals surface area contributed by atoms with Gasteiger partial charge in [-0.15, -0.1) is 0 Å². The van der Waals surface area contributed by atoms with E-state index in [-0.39, 0.29) is 6.03 Å². The van der Waals surface area contributed by atoms with Crippen molar-refractivity contribution in [2.45, 2.75) is 6.42 Å². The number of hydrogen-bond donors (Lipinski definition) is 1. The molecule has 24 heavy (non-hydrogen) atoms. The van der Waals surface area contributed by atoms with Gasteiger partial charge in [0.05, 0.1) is 0 Å². The molecular formula is C21H18N2O. The van der Waals surface area contributed by atoms with Crippen LogP contribution >= 0.6 is 0 Å². The second kappa shape index (κ2) is 6.20. The normalized spacial score (nSPS) is 12.8. The SMILES string of the molecule is O=C(Nc1ccc(-c2ccccc2)cc1)N1CCc2ccccc21. The van der Waals surface area contributed by atoms with Gasteiger partial charge in [0.15, 0.2) is 0 Å². The molecule has 1 aliphatic rings. The highest BCUT2D eigenvalue weighted by Gasteiger charge is 2.23. The summed E-state index contributed by atoms with van der Waals surface area (Å²) in [5, 5.41) is 2.99. The Morgan fingerprint density at radius 1 is 0.792 bits per heavy atom. The van der Waals surface area contributed by atoms with Gasteiger partial charge < -0.3 is 5.32 Å². The van der Waals surface area contributed by atoms with Crippen LogP contribution in [0.1, 0.15) is 5.56 Å². The molecule has 3 nitrogen and oxygen atoms in total. The fourth-order valence-corrected chi connectivity index (χ4v) is 3.12.